The van der Waals surface area contributed by atoms with Crippen molar-refractivity contribution in [2.45, 2.75) is 12.8 Å². The molecule has 0 aromatic rings. The molecule has 1 aliphatic rings. The maximum absolute atomic E-state index is 10.9. The lowest BCUT2D eigenvalue weighted by Gasteiger charge is -2.11. The minimum atomic E-state index is -1.35. The Balaban J connectivity index is 2.87. The van der Waals surface area contributed by atoms with Gasteiger partial charge in [0, 0.05) is 12.8 Å². The first kappa shape index (κ1) is 8.45. The van der Waals surface area contributed by atoms with Gasteiger partial charge in [-0.1, -0.05) is 6.58 Å². The summed E-state index contributed by atoms with van der Waals surface area (Å²) >= 11 is 0. The van der Waals surface area contributed by atoms with Crippen LogP contribution in [0.25, 0.3) is 0 Å². The monoisotopic (exact) mass is 169 g/mol. The van der Waals surface area contributed by atoms with E-state index in [1.165, 1.54) is 0 Å². The molecule has 2 amide bonds. The van der Waals surface area contributed by atoms with E-state index in [4.69, 9.17) is 5.11 Å². The molecule has 12 heavy (non-hydrogen) atoms. The number of carboxylic acids is 1. The molecule has 0 saturated carbocycles. The number of hydrogen-bond donors (Lipinski definition) is 1. The quantitative estimate of drug-likeness (QED) is 0.456. The van der Waals surface area contributed by atoms with Crippen molar-refractivity contribution in [1.29, 1.82) is 0 Å². The van der Waals surface area contributed by atoms with Gasteiger partial charge in [-0.25, -0.2) is 9.69 Å². The fourth-order valence-electron chi connectivity index (χ4n) is 0.973. The molecule has 0 unspecified atom stereocenters. The minimum Gasteiger partial charge on any atom is -0.477 e. The molecule has 1 heterocycles. The van der Waals surface area contributed by atoms with Gasteiger partial charge >= 0.3 is 5.97 Å². The Bertz CT molecular complexity index is 265. The lowest BCUT2D eigenvalue weighted by molar-refractivity contribution is -0.143. The molecule has 0 atom stereocenters. The third-order valence-corrected chi connectivity index (χ3v) is 1.57. The van der Waals surface area contributed by atoms with Crippen LogP contribution in [-0.4, -0.2) is 27.8 Å². The molecule has 5 nitrogen and oxygen atoms in total. The zero-order valence-corrected chi connectivity index (χ0v) is 6.24. The van der Waals surface area contributed by atoms with Gasteiger partial charge in [-0.05, 0) is 0 Å². The number of imide groups is 1. The van der Waals surface area contributed by atoms with Crippen molar-refractivity contribution in [1.82, 2.24) is 4.90 Å². The number of carbonyl (C=O) groups excluding carboxylic acids is 2. The van der Waals surface area contributed by atoms with Crippen LogP contribution in [0.15, 0.2) is 12.3 Å². The number of likely N-dealkylation sites (tertiary alicyclic amines) is 1. The average molecular weight is 169 g/mol. The predicted octanol–water partition coefficient (Wildman–Crippen LogP) is -0.266. The summed E-state index contributed by atoms with van der Waals surface area (Å²) in [5.41, 5.74) is -0.470. The minimum absolute atomic E-state index is 0.0745. The van der Waals surface area contributed by atoms with Crippen LogP contribution in [0.4, 0.5) is 0 Å². The summed E-state index contributed by atoms with van der Waals surface area (Å²) in [4.78, 5) is 32.8. The summed E-state index contributed by atoms with van der Waals surface area (Å²) in [6.07, 6.45) is 0.149. The van der Waals surface area contributed by atoms with Crippen LogP contribution in [-0.2, 0) is 14.4 Å². The molecule has 1 rings (SSSR count). The summed E-state index contributed by atoms with van der Waals surface area (Å²) in [6, 6.07) is 0. The molecule has 0 spiro atoms. The van der Waals surface area contributed by atoms with Crippen LogP contribution in [0, 0.1) is 0 Å². The van der Waals surface area contributed by atoms with Crippen LogP contribution in [0.2, 0.25) is 0 Å². The van der Waals surface area contributed by atoms with Crippen molar-refractivity contribution in [2.24, 2.45) is 0 Å². The van der Waals surface area contributed by atoms with Crippen LogP contribution in [0.5, 0.6) is 0 Å². The van der Waals surface area contributed by atoms with Crippen molar-refractivity contribution < 1.29 is 19.5 Å². The largest absolute Gasteiger partial charge is 0.477 e. The number of nitrogens with zero attached hydrogens (tertiary/aromatic N) is 1. The molecule has 0 aliphatic carbocycles. The predicted molar refractivity (Wildman–Crippen MR) is 37.9 cm³/mol. The van der Waals surface area contributed by atoms with E-state index in [0.717, 1.165) is 0 Å². The number of amides is 2. The van der Waals surface area contributed by atoms with Crippen molar-refractivity contribution in [2.75, 3.05) is 0 Å². The summed E-state index contributed by atoms with van der Waals surface area (Å²) < 4.78 is 0. The smallest absolute Gasteiger partial charge is 0.352 e. The molecular formula is C7H7NO4. The zero-order chi connectivity index (χ0) is 9.30. The second-order valence-corrected chi connectivity index (χ2v) is 2.37. The normalized spacial score (nSPS) is 16.8. The van der Waals surface area contributed by atoms with E-state index in [1.807, 2.05) is 0 Å². The van der Waals surface area contributed by atoms with Gasteiger partial charge in [-0.15, -0.1) is 0 Å². The molecule has 0 radical (unpaired) electrons. The fourth-order valence-corrected chi connectivity index (χ4v) is 0.973. The average Bonchev–Trinajstić information content (AvgIpc) is 2.30. The lowest BCUT2D eigenvalue weighted by Crippen LogP contribution is -2.31. The van der Waals surface area contributed by atoms with Gasteiger partial charge in [-0.3, -0.25) is 9.59 Å². The van der Waals surface area contributed by atoms with Crippen LogP contribution < -0.4 is 0 Å². The second-order valence-electron chi connectivity index (χ2n) is 2.37. The van der Waals surface area contributed by atoms with E-state index in [9.17, 15) is 14.4 Å². The zero-order valence-electron chi connectivity index (χ0n) is 6.24. The van der Waals surface area contributed by atoms with E-state index in [1.54, 1.807) is 0 Å². The first-order chi connectivity index (χ1) is 5.54. The summed E-state index contributed by atoms with van der Waals surface area (Å²) in [7, 11) is 0. The van der Waals surface area contributed by atoms with Gasteiger partial charge < -0.3 is 5.11 Å². The van der Waals surface area contributed by atoms with Gasteiger partial charge in [-0.2, -0.15) is 0 Å². The molecule has 1 fully saturated rings. The van der Waals surface area contributed by atoms with Crippen molar-refractivity contribution >= 4 is 17.8 Å². The molecule has 1 N–H and O–H groups in total. The van der Waals surface area contributed by atoms with Gasteiger partial charge in [0.25, 0.3) is 0 Å². The standard InChI is InChI=1S/C7H7NO4/c1-4(7(11)12)8-5(9)2-3-6(8)10/h1-3H2,(H,11,12). The van der Waals surface area contributed by atoms with Crippen LogP contribution >= 0.6 is 0 Å². The summed E-state index contributed by atoms with van der Waals surface area (Å²) in [6.45, 7) is 3.12. The lowest BCUT2D eigenvalue weighted by atomic mass is 10.4. The van der Waals surface area contributed by atoms with Gasteiger partial charge in [0.2, 0.25) is 11.8 Å². The SMILES string of the molecule is C=C(C(=O)O)N1C(=O)CCC1=O. The first-order valence-electron chi connectivity index (χ1n) is 3.32. The first-order valence-corrected chi connectivity index (χ1v) is 3.32. The molecule has 1 aliphatic heterocycles. The molecular weight excluding hydrogens is 162 g/mol. The highest BCUT2D eigenvalue weighted by Crippen LogP contribution is 2.16. The van der Waals surface area contributed by atoms with Gasteiger partial charge in [0.1, 0.15) is 5.70 Å². The molecule has 0 aromatic carbocycles. The summed E-state index contributed by atoms with van der Waals surface area (Å²) in [5, 5.41) is 8.43. The highest BCUT2D eigenvalue weighted by Gasteiger charge is 2.33. The third kappa shape index (κ3) is 1.20. The van der Waals surface area contributed by atoms with Crippen molar-refractivity contribution in [3.63, 3.8) is 0 Å². The second kappa shape index (κ2) is 2.77. The Labute approximate surface area is 68.3 Å². The van der Waals surface area contributed by atoms with E-state index >= 15 is 0 Å². The molecule has 5 heteroatoms. The molecule has 1 saturated heterocycles. The number of aliphatic carboxylic acids is 1. The maximum atomic E-state index is 10.9. The highest BCUT2D eigenvalue weighted by molar-refractivity contribution is 6.08. The maximum Gasteiger partial charge on any atom is 0.352 e. The van der Waals surface area contributed by atoms with Crippen molar-refractivity contribution in [3.05, 3.63) is 12.3 Å². The van der Waals surface area contributed by atoms with Crippen LogP contribution in [0.1, 0.15) is 12.8 Å². The number of carboxylic acid groups (broad SMARTS) is 1. The van der Waals surface area contributed by atoms with Gasteiger partial charge in [0.15, 0.2) is 0 Å². The summed E-state index contributed by atoms with van der Waals surface area (Å²) in [5.74, 6) is -2.33. The fraction of sp³-hybridized carbons (Fsp3) is 0.286. The number of rotatable bonds is 2. The number of hydrogen-bond acceptors (Lipinski definition) is 3. The van der Waals surface area contributed by atoms with E-state index < -0.39 is 23.5 Å². The van der Waals surface area contributed by atoms with E-state index in [0.29, 0.717) is 4.90 Å². The van der Waals surface area contributed by atoms with Crippen LogP contribution in [0.3, 0.4) is 0 Å². The topological polar surface area (TPSA) is 74.7 Å². The Morgan fingerprint density at radius 1 is 1.33 bits per heavy atom. The Kier molecular flexibility index (Phi) is 1.95. The Hall–Kier alpha value is -1.65. The van der Waals surface area contributed by atoms with Crippen molar-refractivity contribution in [3.8, 4) is 0 Å². The molecule has 64 valence electrons. The Morgan fingerprint density at radius 2 is 1.75 bits per heavy atom. The molecule has 0 bridgehead atoms. The van der Waals surface area contributed by atoms with Gasteiger partial charge in [0.05, 0.1) is 0 Å². The number of carbonyl (C=O) groups is 3. The van der Waals surface area contributed by atoms with E-state index in [2.05, 4.69) is 6.58 Å². The Morgan fingerprint density at radius 3 is 2.08 bits per heavy atom. The van der Waals surface area contributed by atoms with E-state index in [-0.39, 0.29) is 12.8 Å². The third-order valence-electron chi connectivity index (χ3n) is 1.57. The highest BCUT2D eigenvalue weighted by atomic mass is 16.4. The molecule has 0 aromatic heterocycles.